The number of likely N-dealkylation sites (N-methyl/N-ethyl adjacent to an activating group) is 1. The Morgan fingerprint density at radius 1 is 0.880 bits per heavy atom. The minimum atomic E-state index is -0.959. The predicted octanol–water partition coefficient (Wildman–Crippen LogP) is 7.28. The fraction of sp³-hybridized carbons (Fsp3) is 0.400. The maximum absolute atomic E-state index is 14.2. The number of hydrogen-bond donors (Lipinski definition) is 1. The summed E-state index contributed by atoms with van der Waals surface area (Å²) in [5, 5.41) is 14.9. The van der Waals surface area contributed by atoms with E-state index >= 15 is 0 Å². The average Bonchev–Trinajstić information content (AvgIpc) is 3.08. The van der Waals surface area contributed by atoms with Crippen LogP contribution in [0.5, 0.6) is 0 Å². The van der Waals surface area contributed by atoms with Crippen LogP contribution in [0.1, 0.15) is 76.0 Å². The van der Waals surface area contributed by atoms with E-state index in [9.17, 15) is 19.7 Å². The van der Waals surface area contributed by atoms with Gasteiger partial charge in [0.05, 0.1) is 28.6 Å². The molecule has 1 atom stereocenters. The standard InChI is InChI=1S/C40H49N3O7/c1-7-23-48-24-25-49-38(44)35-28(2)41-29(3)36(37(35)32-19-14-20-33(26-32)43(46)47)39(45)50-40(4,5)27-42(6)22-21-34(30-15-10-8-11-16-30)31-17-12-9-13-18-31/h8-20,26,34,37,41H,7,21-25,27H2,1-6H3. The minimum Gasteiger partial charge on any atom is -0.460 e. The zero-order chi connectivity index (χ0) is 36.3. The van der Waals surface area contributed by atoms with Crippen LogP contribution in [0.3, 0.4) is 0 Å². The van der Waals surface area contributed by atoms with Gasteiger partial charge in [-0.25, -0.2) is 9.59 Å². The molecule has 0 saturated heterocycles. The Morgan fingerprint density at radius 2 is 1.48 bits per heavy atom. The number of carbonyl (C=O) groups excluding carboxylic acids is 2. The van der Waals surface area contributed by atoms with Crippen molar-refractivity contribution in [2.45, 2.75) is 64.9 Å². The van der Waals surface area contributed by atoms with Gasteiger partial charge >= 0.3 is 11.9 Å². The van der Waals surface area contributed by atoms with Crippen molar-refractivity contribution in [1.82, 2.24) is 10.2 Å². The highest BCUT2D eigenvalue weighted by Gasteiger charge is 2.40. The molecule has 1 heterocycles. The van der Waals surface area contributed by atoms with E-state index in [1.807, 2.05) is 40.0 Å². The van der Waals surface area contributed by atoms with E-state index in [1.54, 1.807) is 26.0 Å². The second-order valence-corrected chi connectivity index (χ2v) is 13.3. The van der Waals surface area contributed by atoms with Crippen LogP contribution in [0.25, 0.3) is 0 Å². The third-order valence-corrected chi connectivity index (χ3v) is 8.65. The lowest BCUT2D eigenvalue weighted by Gasteiger charge is -2.34. The van der Waals surface area contributed by atoms with Crippen molar-refractivity contribution in [1.29, 1.82) is 0 Å². The van der Waals surface area contributed by atoms with Crippen molar-refractivity contribution in [3.05, 3.63) is 134 Å². The monoisotopic (exact) mass is 683 g/mol. The molecule has 1 aliphatic rings. The summed E-state index contributed by atoms with van der Waals surface area (Å²) in [5.41, 5.74) is 3.15. The Hall–Kier alpha value is -4.80. The third kappa shape index (κ3) is 10.1. The van der Waals surface area contributed by atoms with E-state index in [0.717, 1.165) is 19.4 Å². The first-order valence-electron chi connectivity index (χ1n) is 17.1. The van der Waals surface area contributed by atoms with Crippen LogP contribution >= 0.6 is 0 Å². The number of rotatable bonds is 17. The van der Waals surface area contributed by atoms with Gasteiger partial charge in [-0.2, -0.15) is 0 Å². The molecule has 10 nitrogen and oxygen atoms in total. The van der Waals surface area contributed by atoms with Gasteiger partial charge in [0.1, 0.15) is 12.2 Å². The summed E-state index contributed by atoms with van der Waals surface area (Å²) in [6.07, 6.45) is 1.69. The van der Waals surface area contributed by atoms with Gasteiger partial charge < -0.3 is 24.4 Å². The van der Waals surface area contributed by atoms with Gasteiger partial charge in [-0.3, -0.25) is 10.1 Å². The Bertz CT molecular complexity index is 1650. The molecule has 0 amide bonds. The van der Waals surface area contributed by atoms with E-state index < -0.39 is 28.4 Å². The molecule has 0 spiro atoms. The molecule has 266 valence electrons. The van der Waals surface area contributed by atoms with Crippen LogP contribution in [-0.4, -0.2) is 67.3 Å². The van der Waals surface area contributed by atoms with Gasteiger partial charge in [-0.15, -0.1) is 0 Å². The molecule has 4 rings (SSSR count). The topological polar surface area (TPSA) is 120 Å². The molecule has 0 bridgehead atoms. The second kappa shape index (κ2) is 17.7. The fourth-order valence-electron chi connectivity index (χ4n) is 6.52. The number of ether oxygens (including phenoxy) is 3. The molecule has 0 fully saturated rings. The summed E-state index contributed by atoms with van der Waals surface area (Å²) < 4.78 is 17.3. The summed E-state index contributed by atoms with van der Waals surface area (Å²) in [7, 11) is 2.01. The van der Waals surface area contributed by atoms with Crippen molar-refractivity contribution < 1.29 is 28.7 Å². The largest absolute Gasteiger partial charge is 0.460 e. The van der Waals surface area contributed by atoms with Crippen molar-refractivity contribution in [2.75, 3.05) is 40.0 Å². The van der Waals surface area contributed by atoms with E-state index in [-0.39, 0.29) is 36.0 Å². The summed E-state index contributed by atoms with van der Waals surface area (Å²) in [6.45, 7) is 11.1. The molecule has 50 heavy (non-hydrogen) atoms. The average molecular weight is 684 g/mol. The molecule has 1 unspecified atom stereocenters. The number of dihydropyridines is 1. The quantitative estimate of drug-likeness (QED) is 0.0678. The van der Waals surface area contributed by atoms with Crippen molar-refractivity contribution in [3.63, 3.8) is 0 Å². The Morgan fingerprint density at radius 3 is 2.06 bits per heavy atom. The molecule has 3 aromatic carbocycles. The van der Waals surface area contributed by atoms with E-state index in [2.05, 4.69) is 58.7 Å². The number of nitrogens with one attached hydrogen (secondary N) is 1. The molecule has 0 aliphatic carbocycles. The number of esters is 2. The van der Waals surface area contributed by atoms with Crippen molar-refractivity contribution in [2.24, 2.45) is 0 Å². The number of nitrogens with zero attached hydrogens (tertiary/aromatic N) is 2. The summed E-state index contributed by atoms with van der Waals surface area (Å²) in [4.78, 5) is 41.2. The maximum atomic E-state index is 14.2. The number of carbonyl (C=O) groups is 2. The summed E-state index contributed by atoms with van der Waals surface area (Å²) in [5.74, 6) is -2.03. The Kier molecular flexibility index (Phi) is 13.5. The number of benzene rings is 3. The van der Waals surface area contributed by atoms with Crippen LogP contribution in [0.2, 0.25) is 0 Å². The number of nitro groups is 1. The number of nitro benzene ring substituents is 1. The van der Waals surface area contributed by atoms with E-state index in [0.29, 0.717) is 30.1 Å². The highest BCUT2D eigenvalue weighted by molar-refractivity contribution is 6.00. The molecule has 0 saturated carbocycles. The lowest BCUT2D eigenvalue weighted by molar-refractivity contribution is -0.384. The highest BCUT2D eigenvalue weighted by atomic mass is 16.6. The summed E-state index contributed by atoms with van der Waals surface area (Å²) in [6, 6.07) is 26.8. The summed E-state index contributed by atoms with van der Waals surface area (Å²) >= 11 is 0. The van der Waals surface area contributed by atoms with Crippen LogP contribution in [-0.2, 0) is 23.8 Å². The molecule has 10 heteroatoms. The van der Waals surface area contributed by atoms with Crippen LogP contribution in [0, 0.1) is 10.1 Å². The van der Waals surface area contributed by atoms with Crippen molar-refractivity contribution >= 4 is 17.6 Å². The molecule has 3 aromatic rings. The van der Waals surface area contributed by atoms with E-state index in [1.165, 1.54) is 23.3 Å². The normalized spacial score (nSPS) is 14.9. The molecule has 0 aromatic heterocycles. The molecular formula is C40H49N3O7. The Labute approximate surface area is 295 Å². The fourth-order valence-corrected chi connectivity index (χ4v) is 6.52. The van der Waals surface area contributed by atoms with Crippen LogP contribution < -0.4 is 5.32 Å². The highest BCUT2D eigenvalue weighted by Crippen LogP contribution is 2.41. The van der Waals surface area contributed by atoms with E-state index in [4.69, 9.17) is 14.2 Å². The van der Waals surface area contributed by atoms with Gasteiger partial charge in [0.2, 0.25) is 0 Å². The first-order valence-corrected chi connectivity index (χ1v) is 17.1. The van der Waals surface area contributed by atoms with Crippen LogP contribution in [0.4, 0.5) is 5.69 Å². The number of hydrogen-bond acceptors (Lipinski definition) is 9. The smallest absolute Gasteiger partial charge is 0.337 e. The predicted molar refractivity (Wildman–Crippen MR) is 193 cm³/mol. The van der Waals surface area contributed by atoms with Gasteiger partial charge in [0.15, 0.2) is 0 Å². The van der Waals surface area contributed by atoms with Gasteiger partial charge in [0, 0.05) is 42.6 Å². The van der Waals surface area contributed by atoms with Crippen LogP contribution in [0.15, 0.2) is 107 Å². The SMILES string of the molecule is CCCOCCOC(=O)C1=C(C)NC(C)=C(C(=O)OC(C)(C)CN(C)CCC(c2ccccc2)c2ccccc2)C1c1cccc([N+](=O)[O-])c1. The third-order valence-electron chi connectivity index (χ3n) is 8.65. The Balaban J connectivity index is 1.54. The zero-order valence-corrected chi connectivity index (χ0v) is 29.9. The van der Waals surface area contributed by atoms with Gasteiger partial charge in [-0.1, -0.05) is 79.7 Å². The van der Waals surface area contributed by atoms with Gasteiger partial charge in [0.25, 0.3) is 5.69 Å². The van der Waals surface area contributed by atoms with Crippen molar-refractivity contribution in [3.8, 4) is 0 Å². The molecule has 1 N–H and O–H groups in total. The van der Waals surface area contributed by atoms with Gasteiger partial charge in [-0.05, 0) is 70.8 Å². The minimum absolute atomic E-state index is 0.0223. The zero-order valence-electron chi connectivity index (χ0n) is 29.9. The lowest BCUT2D eigenvalue weighted by atomic mass is 9.80. The number of non-ortho nitro benzene ring substituents is 1. The first-order chi connectivity index (χ1) is 23.9. The first kappa shape index (κ1) is 38.0. The lowest BCUT2D eigenvalue weighted by Crippen LogP contribution is -2.42. The number of allylic oxidation sites excluding steroid dienone is 2. The molecule has 0 radical (unpaired) electrons. The molecular weight excluding hydrogens is 634 g/mol. The second-order valence-electron chi connectivity index (χ2n) is 13.3. The maximum Gasteiger partial charge on any atom is 0.337 e. The molecule has 1 aliphatic heterocycles.